The Morgan fingerprint density at radius 1 is 1.43 bits per heavy atom. The minimum Gasteiger partial charge on any atom is -0.469 e. The Kier molecular flexibility index (Phi) is 4.83. The number of nitrogens with zero attached hydrogens (tertiary/aromatic N) is 1. The van der Waals surface area contributed by atoms with Gasteiger partial charge < -0.3 is 4.74 Å². The molecule has 2 atom stereocenters. The first-order valence-electron chi connectivity index (χ1n) is 7.00. The van der Waals surface area contributed by atoms with Crippen molar-refractivity contribution in [3.8, 4) is 0 Å². The van der Waals surface area contributed by atoms with Gasteiger partial charge in [-0.1, -0.05) is 24.6 Å². The van der Waals surface area contributed by atoms with E-state index in [-0.39, 0.29) is 16.7 Å². The number of methoxy groups -OCH3 is 1. The predicted octanol–water partition coefficient (Wildman–Crippen LogP) is 3.94. The first kappa shape index (κ1) is 15.8. The highest BCUT2D eigenvalue weighted by Crippen LogP contribution is 2.66. The molecule has 2 aliphatic rings. The summed E-state index contributed by atoms with van der Waals surface area (Å²) in [5.41, 5.74) is 1.14. The molecule has 0 aromatic heterocycles. The van der Waals surface area contributed by atoms with Crippen molar-refractivity contribution in [3.05, 3.63) is 38.9 Å². The van der Waals surface area contributed by atoms with Crippen molar-refractivity contribution < 1.29 is 14.5 Å². The van der Waals surface area contributed by atoms with Crippen LogP contribution in [-0.4, -0.2) is 18.0 Å². The third kappa shape index (κ3) is 3.35. The van der Waals surface area contributed by atoms with Crippen LogP contribution in [0.3, 0.4) is 0 Å². The zero-order valence-corrected chi connectivity index (χ0v) is 12.8. The lowest BCUT2D eigenvalue weighted by molar-refractivity contribution is -0.384. The molecule has 2 unspecified atom stereocenters. The number of benzene rings is 1. The van der Waals surface area contributed by atoms with Crippen molar-refractivity contribution in [3.63, 3.8) is 0 Å². The van der Waals surface area contributed by atoms with Gasteiger partial charge in [-0.25, -0.2) is 0 Å². The molecule has 2 saturated carbocycles. The summed E-state index contributed by atoms with van der Waals surface area (Å²) < 4.78 is 4.26. The van der Waals surface area contributed by atoms with Gasteiger partial charge in [0.25, 0.3) is 5.69 Å². The van der Waals surface area contributed by atoms with Crippen LogP contribution in [0, 0.1) is 22.0 Å². The molecular weight excluding hydrogens is 294 g/mol. The Bertz CT molecular complexity index is 545. The van der Waals surface area contributed by atoms with Crippen LogP contribution in [0.25, 0.3) is 0 Å². The van der Waals surface area contributed by atoms with E-state index in [0.717, 1.165) is 17.4 Å². The molecule has 1 aromatic rings. The molecule has 0 aliphatic heterocycles. The molecule has 0 N–H and O–H groups in total. The number of carbonyl (C=O) groups is 1. The Balaban J connectivity index is 0.000000232. The van der Waals surface area contributed by atoms with Gasteiger partial charge in [0.2, 0.25) is 0 Å². The Morgan fingerprint density at radius 3 is 2.43 bits per heavy atom. The predicted molar refractivity (Wildman–Crippen MR) is 79.4 cm³/mol. The highest BCUT2D eigenvalue weighted by atomic mass is 35.5. The molecule has 3 rings (SSSR count). The molecule has 1 aromatic carbocycles. The van der Waals surface area contributed by atoms with Gasteiger partial charge in [-0.15, -0.1) is 0 Å². The van der Waals surface area contributed by atoms with Gasteiger partial charge in [-0.3, -0.25) is 14.9 Å². The summed E-state index contributed by atoms with van der Waals surface area (Å²) in [6.07, 6.45) is 3.04. The van der Waals surface area contributed by atoms with Crippen LogP contribution in [0.5, 0.6) is 0 Å². The van der Waals surface area contributed by atoms with Crippen LogP contribution in [0.2, 0.25) is 5.02 Å². The molecule has 5 nitrogen and oxygen atoms in total. The normalized spacial score (nSPS) is 24.8. The van der Waals surface area contributed by atoms with Gasteiger partial charge >= 0.3 is 5.97 Å². The molecule has 0 spiro atoms. The molecule has 114 valence electrons. The quantitative estimate of drug-likeness (QED) is 0.481. The molecular formula is C15H18ClNO4. The second-order valence-electron chi connectivity index (χ2n) is 5.33. The van der Waals surface area contributed by atoms with E-state index in [1.807, 2.05) is 6.07 Å². The average Bonchev–Trinajstić information content (AvgIpc) is 2.99. The number of nitro groups is 1. The van der Waals surface area contributed by atoms with E-state index in [1.165, 1.54) is 20.0 Å². The van der Waals surface area contributed by atoms with Gasteiger partial charge in [0.15, 0.2) is 0 Å². The molecule has 0 amide bonds. The van der Waals surface area contributed by atoms with E-state index in [1.54, 1.807) is 19.1 Å². The SMILES string of the molecule is CCC(=O)OC.O=[N+]([O-])c1cc(C2C3CCC32)ccc1Cl. The summed E-state index contributed by atoms with van der Waals surface area (Å²) in [4.78, 5) is 20.3. The topological polar surface area (TPSA) is 69.4 Å². The minimum absolute atomic E-state index is 0.0421. The lowest BCUT2D eigenvalue weighted by Crippen LogP contribution is -1.94. The summed E-state index contributed by atoms with van der Waals surface area (Å²) in [7, 11) is 1.38. The van der Waals surface area contributed by atoms with E-state index < -0.39 is 4.92 Å². The third-order valence-electron chi connectivity index (χ3n) is 4.23. The Hall–Kier alpha value is -1.62. The van der Waals surface area contributed by atoms with Crippen LogP contribution < -0.4 is 0 Å². The fourth-order valence-corrected chi connectivity index (χ4v) is 3.06. The van der Waals surface area contributed by atoms with E-state index in [0.29, 0.717) is 12.3 Å². The molecule has 6 heteroatoms. The fourth-order valence-electron chi connectivity index (χ4n) is 2.87. The first-order chi connectivity index (χ1) is 9.99. The minimum atomic E-state index is -0.407. The maximum atomic E-state index is 10.7. The van der Waals surface area contributed by atoms with Crippen LogP contribution in [-0.2, 0) is 9.53 Å². The Morgan fingerprint density at radius 2 is 2.05 bits per heavy atom. The van der Waals surface area contributed by atoms with Crippen LogP contribution in [0.1, 0.15) is 37.7 Å². The number of halogens is 1. The summed E-state index contributed by atoms with van der Waals surface area (Å²) in [5.74, 6) is 2.01. The van der Waals surface area contributed by atoms with E-state index >= 15 is 0 Å². The van der Waals surface area contributed by atoms with Gasteiger partial charge in [-0.2, -0.15) is 0 Å². The summed E-state index contributed by atoms with van der Waals surface area (Å²) in [5, 5.41) is 10.9. The average molecular weight is 312 g/mol. The van der Waals surface area contributed by atoms with Crippen molar-refractivity contribution in [2.45, 2.75) is 32.1 Å². The maximum Gasteiger partial charge on any atom is 0.305 e. The highest BCUT2D eigenvalue weighted by molar-refractivity contribution is 6.32. The standard InChI is InChI=1S/C11H10ClNO2.C4H8O2/c12-9-4-1-6(5-10(9)13(14)15)11-7-2-3-8(7)11;1-3-4(5)6-2/h1,4-5,7-8,11H,2-3H2;3H2,1-2H3. The van der Waals surface area contributed by atoms with Gasteiger partial charge in [0.1, 0.15) is 5.02 Å². The largest absolute Gasteiger partial charge is 0.469 e. The summed E-state index contributed by atoms with van der Waals surface area (Å²) in [6, 6.07) is 5.22. The number of hydrogen-bond donors (Lipinski definition) is 0. The summed E-state index contributed by atoms with van der Waals surface area (Å²) in [6.45, 7) is 1.76. The molecule has 21 heavy (non-hydrogen) atoms. The zero-order chi connectivity index (χ0) is 15.6. The molecule has 0 bridgehead atoms. The van der Waals surface area contributed by atoms with E-state index in [9.17, 15) is 14.9 Å². The number of hydrogen-bond acceptors (Lipinski definition) is 4. The monoisotopic (exact) mass is 311 g/mol. The second kappa shape index (κ2) is 6.43. The molecule has 0 heterocycles. The van der Waals surface area contributed by atoms with Crippen molar-refractivity contribution in [1.82, 2.24) is 0 Å². The number of ether oxygens (including phenoxy) is 1. The van der Waals surface area contributed by atoms with E-state index in [4.69, 9.17) is 11.6 Å². The van der Waals surface area contributed by atoms with Gasteiger partial charge in [-0.05, 0) is 42.2 Å². The second-order valence-corrected chi connectivity index (χ2v) is 5.74. The highest BCUT2D eigenvalue weighted by Gasteiger charge is 2.56. The van der Waals surface area contributed by atoms with Gasteiger partial charge in [0.05, 0.1) is 12.0 Å². The lowest BCUT2D eigenvalue weighted by atomic mass is 10.0. The van der Waals surface area contributed by atoms with Crippen molar-refractivity contribution in [2.75, 3.05) is 7.11 Å². The lowest BCUT2D eigenvalue weighted by Gasteiger charge is -2.04. The third-order valence-corrected chi connectivity index (χ3v) is 4.55. The molecule has 2 fully saturated rings. The number of esters is 1. The fraction of sp³-hybridized carbons (Fsp3) is 0.533. The maximum absolute atomic E-state index is 10.7. The number of fused-ring (bicyclic) bond motifs is 1. The number of rotatable bonds is 3. The number of carbonyl (C=O) groups excluding carboxylic acids is 1. The summed E-state index contributed by atoms with van der Waals surface area (Å²) >= 11 is 5.76. The molecule has 0 radical (unpaired) electrons. The van der Waals surface area contributed by atoms with Crippen LogP contribution >= 0.6 is 11.6 Å². The van der Waals surface area contributed by atoms with Crippen molar-refractivity contribution in [2.24, 2.45) is 11.8 Å². The zero-order valence-electron chi connectivity index (χ0n) is 12.0. The van der Waals surface area contributed by atoms with E-state index in [2.05, 4.69) is 4.74 Å². The van der Waals surface area contributed by atoms with Crippen LogP contribution in [0.15, 0.2) is 18.2 Å². The van der Waals surface area contributed by atoms with Crippen molar-refractivity contribution >= 4 is 23.3 Å². The number of nitro benzene ring substituents is 1. The van der Waals surface area contributed by atoms with Crippen molar-refractivity contribution in [1.29, 1.82) is 0 Å². The van der Waals surface area contributed by atoms with Gasteiger partial charge in [0, 0.05) is 12.5 Å². The molecule has 0 saturated heterocycles. The first-order valence-corrected chi connectivity index (χ1v) is 7.38. The molecule has 2 aliphatic carbocycles. The smallest absolute Gasteiger partial charge is 0.305 e. The Labute approximate surface area is 128 Å². The van der Waals surface area contributed by atoms with Crippen LogP contribution in [0.4, 0.5) is 5.69 Å².